The van der Waals surface area contributed by atoms with Crippen molar-refractivity contribution in [1.82, 2.24) is 30.2 Å². The molecule has 0 aliphatic heterocycles. The molecule has 0 aromatic carbocycles. The maximum atomic E-state index is 13.9. The van der Waals surface area contributed by atoms with Crippen LogP contribution in [0.3, 0.4) is 0 Å². The zero-order chi connectivity index (χ0) is 30.7. The summed E-state index contributed by atoms with van der Waals surface area (Å²) in [6.45, 7) is 0. The molecular weight excluding hydrogens is 589 g/mol. The predicted molar refractivity (Wildman–Crippen MR) is 133 cm³/mol. The van der Waals surface area contributed by atoms with Crippen LogP contribution in [0.5, 0.6) is 0 Å². The molecule has 2 N–H and O–H groups in total. The fraction of sp³-hybridized carbons (Fsp3) is 0.593. The van der Waals surface area contributed by atoms with Crippen LogP contribution in [-0.2, 0) is 11.0 Å². The Labute approximate surface area is 239 Å². The lowest BCUT2D eigenvalue weighted by molar-refractivity contribution is -0.143. The summed E-state index contributed by atoms with van der Waals surface area (Å²) in [5, 5.41) is 8.22. The Balaban J connectivity index is 1.26. The molecule has 43 heavy (non-hydrogen) atoms. The number of nitrogens with zero attached hydrogens (tertiary/aromatic N) is 4. The quantitative estimate of drug-likeness (QED) is 0.301. The minimum atomic E-state index is -4.96. The number of fused-ring (bicyclic) bond motifs is 1. The highest BCUT2D eigenvalue weighted by Gasteiger charge is 2.57. The van der Waals surface area contributed by atoms with Crippen molar-refractivity contribution in [3.63, 3.8) is 0 Å². The van der Waals surface area contributed by atoms with Gasteiger partial charge in [0.1, 0.15) is 11.8 Å². The summed E-state index contributed by atoms with van der Waals surface area (Å²) in [6, 6.07) is 0.0638. The summed E-state index contributed by atoms with van der Waals surface area (Å²) in [7, 11) is 0. The van der Waals surface area contributed by atoms with Crippen molar-refractivity contribution < 1.29 is 44.8 Å². The van der Waals surface area contributed by atoms with Crippen molar-refractivity contribution in [2.45, 2.75) is 81.5 Å². The molecule has 0 radical (unpaired) electrons. The van der Waals surface area contributed by atoms with Crippen LogP contribution in [0.25, 0.3) is 5.78 Å². The number of halogens is 7. The summed E-state index contributed by atoms with van der Waals surface area (Å²) < 4.78 is 100. The van der Waals surface area contributed by atoms with Crippen LogP contribution in [-0.4, -0.2) is 43.2 Å². The van der Waals surface area contributed by atoms with Gasteiger partial charge in [-0.25, -0.2) is 27.5 Å². The van der Waals surface area contributed by atoms with Gasteiger partial charge in [-0.15, -0.1) is 0 Å². The smallest absolute Gasteiger partial charge is 0.363 e. The Bertz CT molecular complexity index is 1520. The second kappa shape index (κ2) is 10.5. The molecule has 3 aromatic rings. The van der Waals surface area contributed by atoms with Gasteiger partial charge in [0.25, 0.3) is 11.8 Å². The van der Waals surface area contributed by atoms with Crippen LogP contribution < -0.4 is 10.6 Å². The summed E-state index contributed by atoms with van der Waals surface area (Å²) in [5.41, 5.74) is -1.73. The van der Waals surface area contributed by atoms with Gasteiger partial charge in [0.05, 0.1) is 23.5 Å². The van der Waals surface area contributed by atoms with Gasteiger partial charge in [0.15, 0.2) is 5.69 Å². The van der Waals surface area contributed by atoms with Crippen molar-refractivity contribution >= 4 is 17.6 Å². The molecule has 3 aliphatic rings. The number of carbonyl (C=O) groups excluding carboxylic acids is 2. The Hall–Kier alpha value is -3.72. The number of amides is 2. The number of hydrogen-bond acceptors (Lipinski definition) is 6. The van der Waals surface area contributed by atoms with Crippen molar-refractivity contribution in [2.75, 3.05) is 0 Å². The molecule has 9 nitrogen and oxygen atoms in total. The van der Waals surface area contributed by atoms with E-state index in [9.17, 15) is 40.3 Å². The predicted octanol–water partition coefficient (Wildman–Crippen LogP) is 5.65. The number of alkyl halides is 7. The molecule has 0 saturated heterocycles. The van der Waals surface area contributed by atoms with Gasteiger partial charge in [-0.05, 0) is 43.6 Å². The van der Waals surface area contributed by atoms with Gasteiger partial charge in [0, 0.05) is 44.0 Å². The average Bonchev–Trinajstić information content (AvgIpc) is 3.71. The molecule has 3 aromatic heterocycles. The first kappa shape index (κ1) is 29.4. The molecule has 232 valence electrons. The Morgan fingerprint density at radius 1 is 1.00 bits per heavy atom. The molecule has 3 aliphatic carbocycles. The minimum absolute atomic E-state index is 0.0178. The largest absolute Gasteiger partial charge is 0.437 e. The number of hydrogen-bond donors (Lipinski definition) is 2. The summed E-state index contributed by atoms with van der Waals surface area (Å²) in [4.78, 5) is 34.5. The van der Waals surface area contributed by atoms with Crippen molar-refractivity contribution in [3.05, 3.63) is 47.4 Å². The normalized spacial score (nSPS) is 23.1. The monoisotopic (exact) mass is 616 g/mol. The van der Waals surface area contributed by atoms with E-state index < -0.39 is 77.9 Å². The SMILES string of the molecule is O=C(C[C@@H]1CC1(F)F)NC(c1ccn2cc([C@@H](NC(=O)c3conc3C(F)(F)F)C3CCC(F)(F)CC3)nc2n1)C1CC1. The molecule has 3 saturated carbocycles. The van der Waals surface area contributed by atoms with Crippen molar-refractivity contribution in [3.8, 4) is 0 Å². The second-order valence-corrected chi connectivity index (χ2v) is 11.7. The highest BCUT2D eigenvalue weighted by molar-refractivity contribution is 5.95. The number of imidazole rings is 1. The fourth-order valence-corrected chi connectivity index (χ4v) is 5.69. The third-order valence-corrected chi connectivity index (χ3v) is 8.40. The van der Waals surface area contributed by atoms with E-state index >= 15 is 0 Å². The van der Waals surface area contributed by atoms with Crippen molar-refractivity contribution in [1.29, 1.82) is 0 Å². The zero-order valence-electron chi connectivity index (χ0n) is 22.5. The van der Waals surface area contributed by atoms with Gasteiger partial charge < -0.3 is 15.2 Å². The highest BCUT2D eigenvalue weighted by Crippen LogP contribution is 2.51. The highest BCUT2D eigenvalue weighted by atomic mass is 19.4. The molecule has 6 rings (SSSR count). The third kappa shape index (κ3) is 6.32. The summed E-state index contributed by atoms with van der Waals surface area (Å²) in [5.74, 6) is -8.71. The Kier molecular flexibility index (Phi) is 7.15. The molecule has 16 heteroatoms. The van der Waals surface area contributed by atoms with Crippen LogP contribution in [0.1, 0.15) is 90.9 Å². The first-order valence-corrected chi connectivity index (χ1v) is 13.9. The van der Waals surface area contributed by atoms with E-state index in [4.69, 9.17) is 0 Å². The standard InChI is InChI=1S/C27H27F7N6O3/c28-25(29)6-3-14(4-7-25)21(38-23(42)16-12-43-39-22(16)27(32,33)34)18-11-40-8-5-17(35-24(40)36-18)20(13-1-2-13)37-19(41)9-15-10-26(15,30)31/h5,8,11-15,20-21H,1-4,6-7,9-10H2,(H,37,41)(H,38,42)/t15-,20?,21+/m1/s1. The minimum Gasteiger partial charge on any atom is -0.363 e. The maximum absolute atomic E-state index is 13.9. The molecule has 2 amide bonds. The van der Waals surface area contributed by atoms with Crippen LogP contribution in [0, 0.1) is 17.8 Å². The lowest BCUT2D eigenvalue weighted by Gasteiger charge is -2.33. The fourth-order valence-electron chi connectivity index (χ4n) is 5.69. The van der Waals surface area contributed by atoms with Gasteiger partial charge in [0.2, 0.25) is 17.6 Å². The summed E-state index contributed by atoms with van der Waals surface area (Å²) in [6.07, 6.45) is -1.25. The van der Waals surface area contributed by atoms with Gasteiger partial charge in [-0.2, -0.15) is 13.2 Å². The number of rotatable bonds is 9. The first-order valence-electron chi connectivity index (χ1n) is 13.9. The summed E-state index contributed by atoms with van der Waals surface area (Å²) >= 11 is 0. The van der Waals surface area contributed by atoms with Gasteiger partial charge >= 0.3 is 6.18 Å². The van der Waals surface area contributed by atoms with Crippen LogP contribution in [0.15, 0.2) is 29.2 Å². The van der Waals surface area contributed by atoms with E-state index in [0.29, 0.717) is 12.0 Å². The topological polar surface area (TPSA) is 114 Å². The lowest BCUT2D eigenvalue weighted by Crippen LogP contribution is -2.37. The van der Waals surface area contributed by atoms with Crippen LogP contribution in [0.4, 0.5) is 30.7 Å². The van der Waals surface area contributed by atoms with Crippen LogP contribution >= 0.6 is 0 Å². The maximum Gasteiger partial charge on any atom is 0.437 e. The Morgan fingerprint density at radius 2 is 1.63 bits per heavy atom. The molecule has 1 unspecified atom stereocenters. The van der Waals surface area contributed by atoms with E-state index in [0.717, 1.165) is 12.8 Å². The molecule has 0 spiro atoms. The molecule has 3 atom stereocenters. The van der Waals surface area contributed by atoms with Crippen LogP contribution in [0.2, 0.25) is 0 Å². The first-order chi connectivity index (χ1) is 20.2. The molecule has 0 bridgehead atoms. The van der Waals surface area contributed by atoms with E-state index in [-0.39, 0.29) is 43.1 Å². The zero-order valence-corrected chi connectivity index (χ0v) is 22.5. The second-order valence-electron chi connectivity index (χ2n) is 11.7. The Morgan fingerprint density at radius 3 is 2.26 bits per heavy atom. The number of aromatic nitrogens is 4. The molecule has 3 fully saturated rings. The van der Waals surface area contributed by atoms with Gasteiger partial charge in [-0.3, -0.25) is 14.0 Å². The lowest BCUT2D eigenvalue weighted by atomic mass is 9.81. The average molecular weight is 617 g/mol. The van der Waals surface area contributed by atoms with E-state index in [1.807, 2.05) is 0 Å². The third-order valence-electron chi connectivity index (χ3n) is 8.40. The van der Waals surface area contributed by atoms with E-state index in [1.165, 1.54) is 10.6 Å². The molecule has 3 heterocycles. The number of carbonyl (C=O) groups is 2. The van der Waals surface area contributed by atoms with E-state index in [1.54, 1.807) is 12.3 Å². The number of nitrogens with one attached hydrogen (secondary N) is 2. The molecular formula is C27H27F7N6O3. The van der Waals surface area contributed by atoms with Gasteiger partial charge in [-0.1, -0.05) is 5.16 Å². The van der Waals surface area contributed by atoms with E-state index in [2.05, 4.69) is 30.3 Å². The van der Waals surface area contributed by atoms with Crippen molar-refractivity contribution in [2.24, 2.45) is 17.8 Å².